The number of benzene rings is 2. The van der Waals surface area contributed by atoms with Crippen LogP contribution < -0.4 is 10.6 Å². The molecule has 41 heavy (non-hydrogen) atoms. The third-order valence-electron chi connectivity index (χ3n) is 9.04. The van der Waals surface area contributed by atoms with Crippen molar-refractivity contribution in [3.63, 3.8) is 0 Å². The lowest BCUT2D eigenvalue weighted by Gasteiger charge is -2.39. The lowest BCUT2D eigenvalue weighted by molar-refractivity contribution is -0.117. The van der Waals surface area contributed by atoms with Gasteiger partial charge in [0.25, 0.3) is 0 Å². The van der Waals surface area contributed by atoms with Gasteiger partial charge in [-0.05, 0) is 105 Å². The molecule has 2 aromatic carbocycles. The number of aryl methyl sites for hydroxylation is 1. The lowest BCUT2D eigenvalue weighted by Crippen LogP contribution is -2.47. The fourth-order valence-electron chi connectivity index (χ4n) is 6.47. The molecule has 0 spiro atoms. The summed E-state index contributed by atoms with van der Waals surface area (Å²) in [6.45, 7) is 15.4. The highest BCUT2D eigenvalue weighted by Crippen LogP contribution is 2.29. The van der Waals surface area contributed by atoms with E-state index >= 15 is 0 Å². The summed E-state index contributed by atoms with van der Waals surface area (Å²) in [5.74, 6) is 1.10. The molecule has 2 atom stereocenters. The zero-order valence-electron chi connectivity index (χ0n) is 26.0. The molecule has 1 aliphatic heterocycles. The minimum Gasteiger partial charge on any atom is -0.338 e. The van der Waals surface area contributed by atoms with E-state index in [0.29, 0.717) is 17.9 Å². The van der Waals surface area contributed by atoms with Crippen molar-refractivity contribution in [2.75, 3.05) is 38.0 Å². The van der Waals surface area contributed by atoms with E-state index in [1.165, 1.54) is 23.1 Å². The van der Waals surface area contributed by atoms with Crippen LogP contribution in [0.15, 0.2) is 42.5 Å². The van der Waals surface area contributed by atoms with E-state index in [1.54, 1.807) is 0 Å². The van der Waals surface area contributed by atoms with Crippen molar-refractivity contribution in [2.45, 2.75) is 91.5 Å². The van der Waals surface area contributed by atoms with Crippen LogP contribution in [0.2, 0.25) is 0 Å². The molecule has 2 N–H and O–H groups in total. The fraction of sp³-hybridized carbons (Fsp3) is 0.600. The molecule has 3 amide bonds. The van der Waals surface area contributed by atoms with Crippen molar-refractivity contribution < 1.29 is 9.59 Å². The summed E-state index contributed by atoms with van der Waals surface area (Å²) in [5.41, 5.74) is 6.05. The van der Waals surface area contributed by atoms with E-state index in [2.05, 4.69) is 85.7 Å². The third kappa shape index (κ3) is 8.57. The van der Waals surface area contributed by atoms with Crippen LogP contribution in [0.4, 0.5) is 10.5 Å². The van der Waals surface area contributed by atoms with Crippen LogP contribution in [-0.2, 0) is 24.1 Å². The molecule has 6 heteroatoms. The molecule has 224 valence electrons. The summed E-state index contributed by atoms with van der Waals surface area (Å²) in [5, 5.41) is 6.22. The normalized spacial score (nSPS) is 18.3. The number of urea groups is 1. The SMILES string of the molecule is CCCNC(=O)N1CCC(CN(CC)C2CCc3ccc(NC(=O)C(C)c4ccc(CC(C)C)cc4)cc3C2)CC1. The first-order valence-corrected chi connectivity index (χ1v) is 16.1. The number of rotatable bonds is 11. The zero-order valence-corrected chi connectivity index (χ0v) is 26.0. The van der Waals surface area contributed by atoms with Gasteiger partial charge >= 0.3 is 6.03 Å². The summed E-state index contributed by atoms with van der Waals surface area (Å²) >= 11 is 0. The first-order chi connectivity index (χ1) is 19.8. The minimum absolute atomic E-state index is 0.0406. The summed E-state index contributed by atoms with van der Waals surface area (Å²) in [6.07, 6.45) is 7.47. The standard InChI is InChI=1S/C35H52N4O2/c1-6-18-36-35(41)39-19-16-28(17-20-39)24-38(7-2)33-15-13-30-12-14-32(22-31(30)23-33)37-34(40)26(5)29-10-8-27(9-11-29)21-25(3)4/h8-12,14,22,25-26,28,33H,6-7,13,15-21,23-24H2,1-5H3,(H,36,41)(H,37,40). The van der Waals surface area contributed by atoms with E-state index in [-0.39, 0.29) is 17.9 Å². The van der Waals surface area contributed by atoms with E-state index < -0.39 is 0 Å². The Morgan fingerprint density at radius 1 is 0.976 bits per heavy atom. The number of likely N-dealkylation sites (N-methyl/N-ethyl adjacent to an activating group) is 1. The Hall–Kier alpha value is -2.86. The van der Waals surface area contributed by atoms with Crippen LogP contribution in [0.25, 0.3) is 0 Å². The maximum atomic E-state index is 13.2. The van der Waals surface area contributed by atoms with E-state index in [9.17, 15) is 9.59 Å². The molecule has 0 bridgehead atoms. The van der Waals surface area contributed by atoms with Gasteiger partial charge in [0.2, 0.25) is 5.91 Å². The zero-order chi connectivity index (χ0) is 29.4. The second-order valence-corrected chi connectivity index (χ2v) is 12.7. The highest BCUT2D eigenvalue weighted by Gasteiger charge is 2.28. The maximum Gasteiger partial charge on any atom is 0.317 e. The summed E-state index contributed by atoms with van der Waals surface area (Å²) in [7, 11) is 0. The van der Waals surface area contributed by atoms with E-state index in [0.717, 1.165) is 82.5 Å². The van der Waals surface area contributed by atoms with Crippen molar-refractivity contribution in [1.29, 1.82) is 0 Å². The highest BCUT2D eigenvalue weighted by atomic mass is 16.2. The third-order valence-corrected chi connectivity index (χ3v) is 9.04. The van der Waals surface area contributed by atoms with Gasteiger partial charge in [0, 0.05) is 37.9 Å². The smallest absolute Gasteiger partial charge is 0.317 e. The van der Waals surface area contributed by atoms with E-state index in [4.69, 9.17) is 0 Å². The summed E-state index contributed by atoms with van der Waals surface area (Å²) in [6, 6.07) is 15.6. The largest absolute Gasteiger partial charge is 0.338 e. The number of nitrogens with zero attached hydrogens (tertiary/aromatic N) is 2. The Labute approximate surface area is 248 Å². The molecule has 2 unspecified atom stereocenters. The molecule has 2 aromatic rings. The number of fused-ring (bicyclic) bond motifs is 1. The van der Waals surface area contributed by atoms with Gasteiger partial charge in [-0.3, -0.25) is 4.79 Å². The Bertz CT molecular complexity index is 1140. The fourth-order valence-corrected chi connectivity index (χ4v) is 6.47. The van der Waals surface area contributed by atoms with Gasteiger partial charge in [0.05, 0.1) is 5.92 Å². The molecular weight excluding hydrogens is 508 g/mol. The number of anilines is 1. The average Bonchev–Trinajstić information content (AvgIpc) is 2.98. The molecule has 1 saturated heterocycles. The predicted molar refractivity (Wildman–Crippen MR) is 170 cm³/mol. The number of amides is 3. The monoisotopic (exact) mass is 560 g/mol. The van der Waals surface area contributed by atoms with Crippen molar-refractivity contribution in [2.24, 2.45) is 11.8 Å². The van der Waals surface area contributed by atoms with Crippen LogP contribution in [0.1, 0.15) is 88.5 Å². The van der Waals surface area contributed by atoms with Gasteiger partial charge in [-0.25, -0.2) is 4.79 Å². The molecule has 0 radical (unpaired) electrons. The minimum atomic E-state index is -0.202. The molecule has 1 aliphatic carbocycles. The predicted octanol–water partition coefficient (Wildman–Crippen LogP) is 6.64. The van der Waals surface area contributed by atoms with Crippen molar-refractivity contribution >= 4 is 17.6 Å². The number of hydrogen-bond donors (Lipinski definition) is 2. The lowest BCUT2D eigenvalue weighted by atomic mass is 9.86. The van der Waals surface area contributed by atoms with Crippen LogP contribution in [0.5, 0.6) is 0 Å². The quantitative estimate of drug-likeness (QED) is 0.324. The number of carbonyl (C=O) groups excluding carboxylic acids is 2. The number of hydrogen-bond acceptors (Lipinski definition) is 3. The van der Waals surface area contributed by atoms with Crippen molar-refractivity contribution in [3.05, 3.63) is 64.7 Å². The summed E-state index contributed by atoms with van der Waals surface area (Å²) < 4.78 is 0. The van der Waals surface area contributed by atoms with Gasteiger partial charge in [-0.15, -0.1) is 0 Å². The maximum absolute atomic E-state index is 13.2. The molecule has 4 rings (SSSR count). The molecular formula is C35H52N4O2. The van der Waals surface area contributed by atoms with Crippen LogP contribution in [0, 0.1) is 11.8 Å². The number of nitrogens with one attached hydrogen (secondary N) is 2. The average molecular weight is 561 g/mol. The number of carbonyl (C=O) groups is 2. The molecule has 1 fully saturated rings. The van der Waals surface area contributed by atoms with Gasteiger partial charge < -0.3 is 20.4 Å². The van der Waals surface area contributed by atoms with Crippen LogP contribution in [0.3, 0.4) is 0 Å². The topological polar surface area (TPSA) is 64.7 Å². The second kappa shape index (κ2) is 14.9. The van der Waals surface area contributed by atoms with Gasteiger partial charge in [-0.1, -0.05) is 58.0 Å². The van der Waals surface area contributed by atoms with Crippen LogP contribution >= 0.6 is 0 Å². The van der Waals surface area contributed by atoms with Gasteiger partial charge in [-0.2, -0.15) is 0 Å². The van der Waals surface area contributed by atoms with Gasteiger partial charge in [0.15, 0.2) is 0 Å². The number of likely N-dealkylation sites (tertiary alicyclic amines) is 1. The van der Waals surface area contributed by atoms with Crippen molar-refractivity contribution in [1.82, 2.24) is 15.1 Å². The Kier molecular flexibility index (Phi) is 11.3. The summed E-state index contributed by atoms with van der Waals surface area (Å²) in [4.78, 5) is 30.1. The first kappa shape index (κ1) is 31.1. The van der Waals surface area contributed by atoms with E-state index in [1.807, 2.05) is 11.8 Å². The number of piperidine rings is 1. The first-order valence-electron chi connectivity index (χ1n) is 16.1. The Balaban J connectivity index is 1.31. The molecule has 2 aliphatic rings. The molecule has 0 saturated carbocycles. The molecule has 0 aromatic heterocycles. The highest BCUT2D eigenvalue weighted by molar-refractivity contribution is 5.95. The Morgan fingerprint density at radius 3 is 2.37 bits per heavy atom. The Morgan fingerprint density at radius 2 is 1.71 bits per heavy atom. The second-order valence-electron chi connectivity index (χ2n) is 12.7. The van der Waals surface area contributed by atoms with Crippen molar-refractivity contribution in [3.8, 4) is 0 Å². The molecule has 1 heterocycles. The van der Waals surface area contributed by atoms with Crippen LogP contribution in [-0.4, -0.2) is 60.5 Å². The van der Waals surface area contributed by atoms with Gasteiger partial charge in [0.1, 0.15) is 0 Å². The molecule has 6 nitrogen and oxygen atoms in total.